The van der Waals surface area contributed by atoms with Crippen molar-refractivity contribution in [3.8, 4) is 0 Å². The van der Waals surface area contributed by atoms with E-state index in [0.29, 0.717) is 6.42 Å². The first-order valence-electron chi connectivity index (χ1n) is 6.32. The van der Waals surface area contributed by atoms with Gasteiger partial charge in [0.15, 0.2) is 0 Å². The molecule has 4 heteroatoms. The zero-order valence-corrected chi connectivity index (χ0v) is 11.0. The second kappa shape index (κ2) is 5.87. The molecule has 18 heavy (non-hydrogen) atoms. The molecule has 0 radical (unpaired) electrons. The van der Waals surface area contributed by atoms with Gasteiger partial charge in [-0.25, -0.2) is 0 Å². The van der Waals surface area contributed by atoms with E-state index < -0.39 is 0 Å². The Morgan fingerprint density at radius 3 is 3.00 bits per heavy atom. The van der Waals surface area contributed by atoms with Gasteiger partial charge in [0.05, 0.1) is 19.6 Å². The zero-order chi connectivity index (χ0) is 13.0. The summed E-state index contributed by atoms with van der Waals surface area (Å²) in [6, 6.07) is 8.47. The van der Waals surface area contributed by atoms with Gasteiger partial charge >= 0.3 is 5.97 Å². The lowest BCUT2D eigenvalue weighted by molar-refractivity contribution is -0.141. The monoisotopic (exact) mass is 248 g/mol. The van der Waals surface area contributed by atoms with Crippen LogP contribution in [0.25, 0.3) is 0 Å². The second-order valence-corrected chi connectivity index (χ2v) is 4.62. The summed E-state index contributed by atoms with van der Waals surface area (Å²) >= 11 is 0. The summed E-state index contributed by atoms with van der Waals surface area (Å²) < 4.78 is 4.77. The summed E-state index contributed by atoms with van der Waals surface area (Å²) in [5.74, 6) is -0.151. The Morgan fingerprint density at radius 1 is 1.50 bits per heavy atom. The predicted octanol–water partition coefficient (Wildman–Crippen LogP) is 1.34. The minimum atomic E-state index is -0.151. The standard InChI is InChI=1S/C14H20N2O2/c1-11-5-3-4-6-13(11)16-8-7-15-10-12(16)9-14(17)18-2/h3-6,12,15H,7-10H2,1-2H3. The molecule has 1 aliphatic rings. The van der Waals surface area contributed by atoms with Crippen LogP contribution in [0.3, 0.4) is 0 Å². The van der Waals surface area contributed by atoms with Crippen LogP contribution in [0.5, 0.6) is 0 Å². The van der Waals surface area contributed by atoms with E-state index in [1.165, 1.54) is 18.4 Å². The van der Waals surface area contributed by atoms with E-state index in [-0.39, 0.29) is 12.0 Å². The van der Waals surface area contributed by atoms with Gasteiger partial charge in [-0.15, -0.1) is 0 Å². The number of rotatable bonds is 3. The number of carbonyl (C=O) groups is 1. The lowest BCUT2D eigenvalue weighted by Crippen LogP contribution is -2.52. The van der Waals surface area contributed by atoms with Crippen LogP contribution < -0.4 is 10.2 Å². The summed E-state index contributed by atoms with van der Waals surface area (Å²) in [6.07, 6.45) is 0.428. The fourth-order valence-corrected chi connectivity index (χ4v) is 2.42. The van der Waals surface area contributed by atoms with Crippen LogP contribution in [0.1, 0.15) is 12.0 Å². The molecule has 1 fully saturated rings. The number of carbonyl (C=O) groups excluding carboxylic acids is 1. The van der Waals surface area contributed by atoms with Crippen molar-refractivity contribution < 1.29 is 9.53 Å². The van der Waals surface area contributed by atoms with Crippen LogP contribution in [0.15, 0.2) is 24.3 Å². The van der Waals surface area contributed by atoms with Crippen LogP contribution in [-0.4, -0.2) is 38.8 Å². The average molecular weight is 248 g/mol. The van der Waals surface area contributed by atoms with Crippen LogP contribution in [0.2, 0.25) is 0 Å². The van der Waals surface area contributed by atoms with Gasteiger partial charge in [-0.1, -0.05) is 18.2 Å². The van der Waals surface area contributed by atoms with E-state index >= 15 is 0 Å². The third-order valence-electron chi connectivity index (χ3n) is 3.41. The predicted molar refractivity (Wildman–Crippen MR) is 71.8 cm³/mol. The molecule has 1 saturated heterocycles. The summed E-state index contributed by atoms with van der Waals surface area (Å²) in [7, 11) is 1.44. The number of benzene rings is 1. The van der Waals surface area contributed by atoms with Crippen molar-refractivity contribution in [3.63, 3.8) is 0 Å². The quantitative estimate of drug-likeness (QED) is 0.820. The number of para-hydroxylation sites is 1. The van der Waals surface area contributed by atoms with Crippen LogP contribution >= 0.6 is 0 Å². The normalized spacial score (nSPS) is 19.7. The molecule has 0 bridgehead atoms. The highest BCUT2D eigenvalue weighted by molar-refractivity contribution is 5.71. The van der Waals surface area contributed by atoms with Crippen LogP contribution in [0.4, 0.5) is 5.69 Å². The van der Waals surface area contributed by atoms with Crippen molar-refractivity contribution >= 4 is 11.7 Å². The van der Waals surface area contributed by atoms with Gasteiger partial charge < -0.3 is 15.0 Å². The number of hydrogen-bond donors (Lipinski definition) is 1. The number of nitrogens with zero attached hydrogens (tertiary/aromatic N) is 1. The van der Waals surface area contributed by atoms with Gasteiger partial charge in [0, 0.05) is 25.3 Å². The number of esters is 1. The highest BCUT2D eigenvalue weighted by atomic mass is 16.5. The van der Waals surface area contributed by atoms with Crippen LogP contribution in [-0.2, 0) is 9.53 Å². The van der Waals surface area contributed by atoms with Crippen molar-refractivity contribution in [3.05, 3.63) is 29.8 Å². The lowest BCUT2D eigenvalue weighted by atomic mass is 10.1. The fraction of sp³-hybridized carbons (Fsp3) is 0.500. The first kappa shape index (κ1) is 12.9. The second-order valence-electron chi connectivity index (χ2n) is 4.62. The Bertz CT molecular complexity index is 420. The minimum absolute atomic E-state index is 0.151. The number of methoxy groups -OCH3 is 1. The Labute approximate surface area is 108 Å². The third-order valence-corrected chi connectivity index (χ3v) is 3.41. The molecular weight excluding hydrogens is 228 g/mol. The molecule has 4 nitrogen and oxygen atoms in total. The molecule has 1 unspecified atom stereocenters. The highest BCUT2D eigenvalue weighted by Gasteiger charge is 2.25. The number of hydrogen-bond acceptors (Lipinski definition) is 4. The van der Waals surface area contributed by atoms with Crippen molar-refractivity contribution in [1.82, 2.24) is 5.32 Å². The van der Waals surface area contributed by atoms with Crippen LogP contribution in [0, 0.1) is 6.92 Å². The molecule has 1 aromatic rings. The Kier molecular flexibility index (Phi) is 4.20. The van der Waals surface area contributed by atoms with E-state index in [4.69, 9.17) is 4.74 Å². The lowest BCUT2D eigenvalue weighted by Gasteiger charge is -2.38. The molecule has 1 N–H and O–H groups in total. The Balaban J connectivity index is 2.17. The molecule has 0 amide bonds. The van der Waals surface area contributed by atoms with Gasteiger partial charge in [0.25, 0.3) is 0 Å². The van der Waals surface area contributed by atoms with Gasteiger partial charge in [0.1, 0.15) is 0 Å². The summed E-state index contributed by atoms with van der Waals surface area (Å²) in [5, 5.41) is 3.33. The van der Waals surface area contributed by atoms with Gasteiger partial charge in [-0.3, -0.25) is 4.79 Å². The highest BCUT2D eigenvalue weighted by Crippen LogP contribution is 2.23. The molecule has 1 heterocycles. The first-order chi connectivity index (χ1) is 8.72. The molecule has 2 rings (SSSR count). The molecule has 1 aliphatic heterocycles. The number of ether oxygens (including phenoxy) is 1. The average Bonchev–Trinajstić information content (AvgIpc) is 2.40. The number of piperazine rings is 1. The van der Waals surface area contributed by atoms with E-state index in [1.54, 1.807) is 0 Å². The Morgan fingerprint density at radius 2 is 2.28 bits per heavy atom. The smallest absolute Gasteiger partial charge is 0.307 e. The zero-order valence-electron chi connectivity index (χ0n) is 11.0. The van der Waals surface area contributed by atoms with Crippen molar-refractivity contribution in [2.45, 2.75) is 19.4 Å². The molecule has 0 aliphatic carbocycles. The van der Waals surface area contributed by atoms with E-state index in [1.807, 2.05) is 12.1 Å². The van der Waals surface area contributed by atoms with E-state index in [2.05, 4.69) is 29.3 Å². The fourth-order valence-electron chi connectivity index (χ4n) is 2.42. The molecule has 1 atom stereocenters. The molecule has 0 saturated carbocycles. The van der Waals surface area contributed by atoms with Crippen molar-refractivity contribution in [1.29, 1.82) is 0 Å². The molecule has 0 spiro atoms. The molecule has 1 aromatic carbocycles. The number of nitrogens with one attached hydrogen (secondary N) is 1. The van der Waals surface area contributed by atoms with Gasteiger partial charge in [-0.2, -0.15) is 0 Å². The first-order valence-corrected chi connectivity index (χ1v) is 6.32. The minimum Gasteiger partial charge on any atom is -0.469 e. The Hall–Kier alpha value is -1.55. The van der Waals surface area contributed by atoms with Gasteiger partial charge in [0.2, 0.25) is 0 Å². The molecule has 0 aromatic heterocycles. The maximum absolute atomic E-state index is 11.5. The van der Waals surface area contributed by atoms with E-state index in [0.717, 1.165) is 19.6 Å². The molecular formula is C14H20N2O2. The molecule has 98 valence electrons. The van der Waals surface area contributed by atoms with E-state index in [9.17, 15) is 4.79 Å². The third kappa shape index (κ3) is 2.82. The summed E-state index contributed by atoms with van der Waals surface area (Å²) in [4.78, 5) is 13.8. The van der Waals surface area contributed by atoms with Gasteiger partial charge in [-0.05, 0) is 18.6 Å². The maximum Gasteiger partial charge on any atom is 0.307 e. The SMILES string of the molecule is COC(=O)CC1CNCCN1c1ccccc1C. The van der Waals surface area contributed by atoms with Crippen molar-refractivity contribution in [2.24, 2.45) is 0 Å². The number of anilines is 1. The summed E-state index contributed by atoms with van der Waals surface area (Å²) in [5.41, 5.74) is 2.46. The maximum atomic E-state index is 11.5. The largest absolute Gasteiger partial charge is 0.469 e. The van der Waals surface area contributed by atoms with Crippen molar-refractivity contribution in [2.75, 3.05) is 31.6 Å². The topological polar surface area (TPSA) is 41.6 Å². The summed E-state index contributed by atoms with van der Waals surface area (Å²) in [6.45, 7) is 4.80. The number of aryl methyl sites for hydroxylation is 1.